The molecule has 31 heavy (non-hydrogen) atoms. The first kappa shape index (κ1) is 24.3. The summed E-state index contributed by atoms with van der Waals surface area (Å²) in [5, 5.41) is 0. The Labute approximate surface area is 189 Å². The van der Waals surface area contributed by atoms with Crippen molar-refractivity contribution in [2.45, 2.75) is 12.8 Å². The maximum Gasteiger partial charge on any atom is 0.303 e. The second-order valence-corrected chi connectivity index (χ2v) is 8.38. The number of benzene rings is 4. The molecule has 4 rings (SSSR count). The molecule has 0 atom stereocenters. The van der Waals surface area contributed by atoms with Crippen LogP contribution in [0.25, 0.3) is 0 Å². The van der Waals surface area contributed by atoms with Gasteiger partial charge in [0.25, 0.3) is 0 Å². The molecular weight excluding hydrogens is 396 g/mol. The summed E-state index contributed by atoms with van der Waals surface area (Å²) in [5.41, 5.74) is 5.48. The zero-order chi connectivity index (χ0) is 22.0. The Bertz CT molecular complexity index is 760. The van der Waals surface area contributed by atoms with Crippen molar-refractivity contribution < 1.29 is 8.85 Å². The van der Waals surface area contributed by atoms with Crippen molar-refractivity contribution in [2.24, 2.45) is 0 Å². The molecule has 0 heterocycles. The van der Waals surface area contributed by atoms with E-state index in [1.54, 1.807) is 14.2 Å². The largest absolute Gasteiger partial charge is 0.402 e. The van der Waals surface area contributed by atoms with E-state index in [1.807, 2.05) is 0 Å². The fraction of sp³-hybridized carbons (Fsp3) is 0.143. The van der Waals surface area contributed by atoms with Crippen molar-refractivity contribution in [1.82, 2.24) is 0 Å². The maximum absolute atomic E-state index is 4.61. The minimum absolute atomic E-state index is 0.568. The van der Waals surface area contributed by atoms with E-state index >= 15 is 0 Å². The average molecular weight is 429 g/mol. The molecular formula is C28H32O2Si. The fourth-order valence-corrected chi connectivity index (χ4v) is 3.21. The van der Waals surface area contributed by atoms with Gasteiger partial charge in [-0.2, -0.15) is 0 Å². The quantitative estimate of drug-likeness (QED) is 0.360. The SMILES string of the molecule is CO[SiH2]OC.c1ccc(Cc2ccccc2)cc1.c1ccc(Cc2ccccc2)cc1. The molecule has 160 valence electrons. The van der Waals surface area contributed by atoms with E-state index in [-0.39, 0.29) is 0 Å². The Hall–Kier alpha value is -2.98. The van der Waals surface area contributed by atoms with Crippen molar-refractivity contribution in [2.75, 3.05) is 14.2 Å². The molecule has 0 radical (unpaired) electrons. The van der Waals surface area contributed by atoms with Crippen LogP contribution in [0.15, 0.2) is 121 Å². The number of rotatable bonds is 6. The number of hydrogen-bond acceptors (Lipinski definition) is 2. The van der Waals surface area contributed by atoms with Crippen molar-refractivity contribution in [3.8, 4) is 0 Å². The first-order chi connectivity index (χ1) is 15.3. The molecule has 0 aliphatic rings. The summed E-state index contributed by atoms with van der Waals surface area (Å²) < 4.78 is 9.22. The zero-order valence-electron chi connectivity index (χ0n) is 18.5. The van der Waals surface area contributed by atoms with E-state index in [0.717, 1.165) is 12.8 Å². The minimum Gasteiger partial charge on any atom is -0.402 e. The average Bonchev–Trinajstić information content (AvgIpc) is 2.83. The molecule has 0 spiro atoms. The normalized spacial score (nSPS) is 9.61. The van der Waals surface area contributed by atoms with Gasteiger partial charge in [-0.25, -0.2) is 0 Å². The van der Waals surface area contributed by atoms with Crippen LogP contribution >= 0.6 is 0 Å². The lowest BCUT2D eigenvalue weighted by Gasteiger charge is -2.00. The summed E-state index contributed by atoms with van der Waals surface area (Å²) >= 11 is 0. The molecule has 2 nitrogen and oxygen atoms in total. The Morgan fingerprint density at radius 1 is 0.419 bits per heavy atom. The Balaban J connectivity index is 0.000000182. The highest BCUT2D eigenvalue weighted by Crippen LogP contribution is 2.08. The molecule has 0 aliphatic heterocycles. The highest BCUT2D eigenvalue weighted by atomic mass is 28.3. The summed E-state index contributed by atoms with van der Waals surface area (Å²) in [6, 6.07) is 42.1. The molecule has 0 unspecified atom stereocenters. The Kier molecular flexibility index (Phi) is 12.4. The van der Waals surface area contributed by atoms with Crippen molar-refractivity contribution >= 4 is 10.0 Å². The van der Waals surface area contributed by atoms with Gasteiger partial charge in [-0.3, -0.25) is 0 Å². The number of hydrogen-bond donors (Lipinski definition) is 0. The zero-order valence-corrected chi connectivity index (χ0v) is 19.9. The molecule has 0 saturated carbocycles. The van der Waals surface area contributed by atoms with Crippen molar-refractivity contribution in [3.05, 3.63) is 144 Å². The highest BCUT2D eigenvalue weighted by Gasteiger charge is 1.93. The summed E-state index contributed by atoms with van der Waals surface area (Å²) in [7, 11) is 2.73. The van der Waals surface area contributed by atoms with Crippen LogP contribution in [0, 0.1) is 0 Å². The van der Waals surface area contributed by atoms with E-state index in [1.165, 1.54) is 22.3 Å². The predicted octanol–water partition coefficient (Wildman–Crippen LogP) is 5.83. The van der Waals surface area contributed by atoms with Crippen LogP contribution < -0.4 is 0 Å². The third-order valence-corrected chi connectivity index (χ3v) is 4.89. The van der Waals surface area contributed by atoms with Crippen LogP contribution in [0.3, 0.4) is 0 Å². The van der Waals surface area contributed by atoms with Crippen LogP contribution in [0.4, 0.5) is 0 Å². The summed E-state index contributed by atoms with van der Waals surface area (Å²) in [6.07, 6.45) is 2.06. The van der Waals surface area contributed by atoms with E-state index in [9.17, 15) is 0 Å². The van der Waals surface area contributed by atoms with Gasteiger partial charge < -0.3 is 8.85 Å². The van der Waals surface area contributed by atoms with Crippen LogP contribution in [0.1, 0.15) is 22.3 Å². The molecule has 0 aliphatic carbocycles. The molecule has 3 heteroatoms. The van der Waals surface area contributed by atoms with Crippen LogP contribution in [-0.4, -0.2) is 24.2 Å². The lowest BCUT2D eigenvalue weighted by molar-refractivity contribution is 0.309. The second kappa shape index (κ2) is 15.8. The van der Waals surface area contributed by atoms with Crippen molar-refractivity contribution in [1.29, 1.82) is 0 Å². The van der Waals surface area contributed by atoms with E-state index in [2.05, 4.69) is 130 Å². The highest BCUT2D eigenvalue weighted by molar-refractivity contribution is 6.17. The first-order valence-corrected chi connectivity index (χ1v) is 11.6. The van der Waals surface area contributed by atoms with Crippen LogP contribution in [-0.2, 0) is 21.7 Å². The van der Waals surface area contributed by atoms with Gasteiger partial charge in [0.05, 0.1) is 0 Å². The van der Waals surface area contributed by atoms with E-state index in [4.69, 9.17) is 0 Å². The van der Waals surface area contributed by atoms with Gasteiger partial charge in [-0.15, -0.1) is 0 Å². The molecule has 4 aromatic rings. The van der Waals surface area contributed by atoms with Gasteiger partial charge in [0.2, 0.25) is 0 Å². The first-order valence-electron chi connectivity index (χ1n) is 10.5. The van der Waals surface area contributed by atoms with E-state index in [0.29, 0.717) is 0 Å². The molecule has 0 amide bonds. The second-order valence-electron chi connectivity index (χ2n) is 6.99. The summed E-state index contributed by atoms with van der Waals surface area (Å²) in [5.74, 6) is 0. The van der Waals surface area contributed by atoms with E-state index < -0.39 is 10.0 Å². The molecule has 0 fully saturated rings. The minimum atomic E-state index is -0.568. The molecule has 4 aromatic carbocycles. The van der Waals surface area contributed by atoms with Gasteiger partial charge in [-0.1, -0.05) is 121 Å². The fourth-order valence-electron chi connectivity index (χ4n) is 2.97. The van der Waals surface area contributed by atoms with Gasteiger partial charge in [-0.05, 0) is 35.1 Å². The summed E-state index contributed by atoms with van der Waals surface area (Å²) in [4.78, 5) is 0. The third-order valence-electron chi connectivity index (χ3n) is 4.42. The Morgan fingerprint density at radius 2 is 0.645 bits per heavy atom. The summed E-state index contributed by atoms with van der Waals surface area (Å²) in [6.45, 7) is 0. The smallest absolute Gasteiger partial charge is 0.303 e. The maximum atomic E-state index is 4.61. The van der Waals surface area contributed by atoms with Gasteiger partial charge in [0.1, 0.15) is 0 Å². The lowest BCUT2D eigenvalue weighted by Crippen LogP contribution is -1.93. The van der Waals surface area contributed by atoms with Gasteiger partial charge >= 0.3 is 10.0 Å². The van der Waals surface area contributed by atoms with Gasteiger partial charge in [0.15, 0.2) is 0 Å². The molecule has 0 saturated heterocycles. The van der Waals surface area contributed by atoms with Crippen molar-refractivity contribution in [3.63, 3.8) is 0 Å². The predicted molar refractivity (Wildman–Crippen MR) is 134 cm³/mol. The molecule has 0 aromatic heterocycles. The molecule has 0 bridgehead atoms. The van der Waals surface area contributed by atoms with Gasteiger partial charge in [0, 0.05) is 14.2 Å². The lowest BCUT2D eigenvalue weighted by atomic mass is 10.1. The monoisotopic (exact) mass is 428 g/mol. The standard InChI is InChI=1S/2C13H12.C2H8O2Si/c2*1-3-7-12(8-4-1)11-13-9-5-2-6-10-13;1-3-5-4-2/h2*1-10H,11H2;5H2,1-2H3. The van der Waals surface area contributed by atoms with Crippen LogP contribution in [0.2, 0.25) is 0 Å². The topological polar surface area (TPSA) is 18.5 Å². The van der Waals surface area contributed by atoms with Crippen LogP contribution in [0.5, 0.6) is 0 Å². The Morgan fingerprint density at radius 3 is 0.806 bits per heavy atom. The molecule has 0 N–H and O–H groups in total. The third kappa shape index (κ3) is 11.1.